The lowest BCUT2D eigenvalue weighted by Gasteiger charge is -2.45. The lowest BCUT2D eigenvalue weighted by molar-refractivity contribution is 0.217. The van der Waals surface area contributed by atoms with Gasteiger partial charge in [-0.15, -0.1) is 0 Å². The van der Waals surface area contributed by atoms with Gasteiger partial charge in [0.05, 0.1) is 0 Å². The maximum absolute atomic E-state index is 6.61. The summed E-state index contributed by atoms with van der Waals surface area (Å²) >= 11 is 0. The van der Waals surface area contributed by atoms with Crippen LogP contribution in [0, 0.1) is 6.92 Å². The topological polar surface area (TPSA) is 52.0 Å². The summed E-state index contributed by atoms with van der Waals surface area (Å²) in [5.41, 5.74) is 15.8. The van der Waals surface area contributed by atoms with Crippen molar-refractivity contribution < 1.29 is 0 Å². The molecule has 1 fully saturated rings. The van der Waals surface area contributed by atoms with E-state index in [1.807, 2.05) is 0 Å². The fourth-order valence-electron chi connectivity index (χ4n) is 3.76. The van der Waals surface area contributed by atoms with Crippen molar-refractivity contribution in [3.05, 3.63) is 35.4 Å². The smallest absolute Gasteiger partial charge is 0.0290 e. The van der Waals surface area contributed by atoms with Gasteiger partial charge in [-0.25, -0.2) is 0 Å². The standard InChI is InChI=1S/C17H28N2/c1-3-15(18)16(19)17(11-7-4-8-12-17)14-10-6-5-9-13(14)2/h5-6,9-10,15-16H,3-4,7-8,11-12,18-19H2,1-2H3. The number of nitrogens with two attached hydrogens (primary N) is 2. The van der Waals surface area contributed by atoms with E-state index in [1.165, 1.54) is 43.2 Å². The van der Waals surface area contributed by atoms with Crippen molar-refractivity contribution >= 4 is 0 Å². The van der Waals surface area contributed by atoms with E-state index >= 15 is 0 Å². The highest BCUT2D eigenvalue weighted by atomic mass is 14.8. The predicted octanol–water partition coefficient (Wildman–Crippen LogP) is 3.26. The van der Waals surface area contributed by atoms with Gasteiger partial charge < -0.3 is 11.5 Å². The third kappa shape index (κ3) is 2.70. The van der Waals surface area contributed by atoms with E-state index in [9.17, 15) is 0 Å². The maximum Gasteiger partial charge on any atom is 0.0290 e. The maximum atomic E-state index is 6.61. The van der Waals surface area contributed by atoms with Crippen LogP contribution >= 0.6 is 0 Å². The second-order valence-electron chi connectivity index (χ2n) is 6.13. The van der Waals surface area contributed by atoms with Crippen molar-refractivity contribution in [1.29, 1.82) is 0 Å². The molecule has 1 aliphatic carbocycles. The van der Waals surface area contributed by atoms with Crippen LogP contribution in [0.15, 0.2) is 24.3 Å². The Bertz CT molecular complexity index is 407. The van der Waals surface area contributed by atoms with E-state index in [0.29, 0.717) is 0 Å². The summed E-state index contributed by atoms with van der Waals surface area (Å²) in [6.07, 6.45) is 7.22. The monoisotopic (exact) mass is 260 g/mol. The molecule has 0 heterocycles. The molecule has 2 nitrogen and oxygen atoms in total. The molecule has 0 bridgehead atoms. The molecule has 2 atom stereocenters. The molecule has 1 aromatic carbocycles. The Labute approximate surface area is 117 Å². The van der Waals surface area contributed by atoms with Crippen LogP contribution in [0.1, 0.15) is 56.6 Å². The van der Waals surface area contributed by atoms with Gasteiger partial charge in [0.15, 0.2) is 0 Å². The van der Waals surface area contributed by atoms with Crippen LogP contribution in [0.4, 0.5) is 0 Å². The zero-order valence-electron chi connectivity index (χ0n) is 12.4. The number of hydrogen-bond acceptors (Lipinski definition) is 2. The normalized spacial score (nSPS) is 21.9. The Morgan fingerprint density at radius 3 is 2.32 bits per heavy atom. The molecule has 1 saturated carbocycles. The highest BCUT2D eigenvalue weighted by molar-refractivity contribution is 5.36. The van der Waals surface area contributed by atoms with E-state index in [-0.39, 0.29) is 17.5 Å². The minimum absolute atomic E-state index is 0.0684. The Kier molecular flexibility index (Phi) is 4.64. The van der Waals surface area contributed by atoms with Crippen LogP contribution < -0.4 is 11.5 Å². The lowest BCUT2D eigenvalue weighted by atomic mass is 9.62. The average Bonchev–Trinajstić information content (AvgIpc) is 2.46. The molecule has 2 rings (SSSR count). The lowest BCUT2D eigenvalue weighted by Crippen LogP contribution is -2.56. The molecule has 2 unspecified atom stereocenters. The third-order valence-corrected chi connectivity index (χ3v) is 5.00. The molecule has 4 N–H and O–H groups in total. The van der Waals surface area contributed by atoms with Gasteiger partial charge in [0, 0.05) is 17.5 Å². The van der Waals surface area contributed by atoms with Crippen molar-refractivity contribution in [2.45, 2.75) is 69.9 Å². The first-order valence-corrected chi connectivity index (χ1v) is 7.69. The summed E-state index contributed by atoms with van der Waals surface area (Å²) in [6, 6.07) is 8.89. The van der Waals surface area contributed by atoms with E-state index in [4.69, 9.17) is 11.5 Å². The van der Waals surface area contributed by atoms with E-state index in [2.05, 4.69) is 38.1 Å². The van der Waals surface area contributed by atoms with E-state index in [1.54, 1.807) is 0 Å². The minimum atomic E-state index is 0.0684. The summed E-state index contributed by atoms with van der Waals surface area (Å²) in [5.74, 6) is 0. The van der Waals surface area contributed by atoms with Gasteiger partial charge >= 0.3 is 0 Å². The molecular weight excluding hydrogens is 232 g/mol. The molecule has 0 amide bonds. The van der Waals surface area contributed by atoms with Crippen LogP contribution in [0.2, 0.25) is 0 Å². The Morgan fingerprint density at radius 1 is 1.11 bits per heavy atom. The Balaban J connectivity index is 2.43. The molecule has 0 aromatic heterocycles. The third-order valence-electron chi connectivity index (χ3n) is 5.00. The highest BCUT2D eigenvalue weighted by Crippen LogP contribution is 2.43. The molecule has 106 valence electrons. The molecule has 19 heavy (non-hydrogen) atoms. The Morgan fingerprint density at radius 2 is 1.74 bits per heavy atom. The van der Waals surface area contributed by atoms with Gasteiger partial charge in [0.1, 0.15) is 0 Å². The second kappa shape index (κ2) is 6.06. The molecule has 0 spiro atoms. The largest absolute Gasteiger partial charge is 0.326 e. The van der Waals surface area contributed by atoms with Gasteiger partial charge in [-0.05, 0) is 37.3 Å². The van der Waals surface area contributed by atoms with E-state index in [0.717, 1.165) is 6.42 Å². The van der Waals surface area contributed by atoms with Gasteiger partial charge in [-0.3, -0.25) is 0 Å². The van der Waals surface area contributed by atoms with Crippen molar-refractivity contribution in [2.75, 3.05) is 0 Å². The molecule has 2 heteroatoms. The van der Waals surface area contributed by atoms with Crippen molar-refractivity contribution in [3.8, 4) is 0 Å². The highest BCUT2D eigenvalue weighted by Gasteiger charge is 2.42. The average molecular weight is 260 g/mol. The SMILES string of the molecule is CCC(N)C(N)C1(c2ccccc2C)CCCCC1. The number of rotatable bonds is 4. The predicted molar refractivity (Wildman–Crippen MR) is 82.2 cm³/mol. The summed E-state index contributed by atoms with van der Waals surface area (Å²) in [4.78, 5) is 0. The summed E-state index contributed by atoms with van der Waals surface area (Å²) in [6.45, 7) is 4.34. The van der Waals surface area contributed by atoms with Gasteiger partial charge in [-0.2, -0.15) is 0 Å². The molecule has 0 aliphatic heterocycles. The van der Waals surface area contributed by atoms with Crippen LogP contribution in [-0.4, -0.2) is 12.1 Å². The van der Waals surface area contributed by atoms with Crippen LogP contribution in [0.25, 0.3) is 0 Å². The zero-order chi connectivity index (χ0) is 13.9. The van der Waals surface area contributed by atoms with Gasteiger partial charge in [-0.1, -0.05) is 50.5 Å². The first-order valence-electron chi connectivity index (χ1n) is 7.69. The van der Waals surface area contributed by atoms with Gasteiger partial charge in [0.25, 0.3) is 0 Å². The van der Waals surface area contributed by atoms with Crippen molar-refractivity contribution in [2.24, 2.45) is 11.5 Å². The zero-order valence-corrected chi connectivity index (χ0v) is 12.4. The number of hydrogen-bond donors (Lipinski definition) is 2. The fraction of sp³-hybridized carbons (Fsp3) is 0.647. The van der Waals surface area contributed by atoms with Gasteiger partial charge in [0.2, 0.25) is 0 Å². The van der Waals surface area contributed by atoms with Crippen LogP contribution in [0.3, 0.4) is 0 Å². The summed E-state index contributed by atoms with van der Waals surface area (Å²) in [5, 5.41) is 0. The summed E-state index contributed by atoms with van der Waals surface area (Å²) < 4.78 is 0. The fourth-order valence-corrected chi connectivity index (χ4v) is 3.76. The molecule has 0 saturated heterocycles. The van der Waals surface area contributed by atoms with Crippen LogP contribution in [-0.2, 0) is 5.41 Å². The minimum Gasteiger partial charge on any atom is -0.326 e. The van der Waals surface area contributed by atoms with Crippen molar-refractivity contribution in [3.63, 3.8) is 0 Å². The van der Waals surface area contributed by atoms with Crippen molar-refractivity contribution in [1.82, 2.24) is 0 Å². The first-order chi connectivity index (χ1) is 9.12. The van der Waals surface area contributed by atoms with E-state index < -0.39 is 0 Å². The summed E-state index contributed by atoms with van der Waals surface area (Å²) in [7, 11) is 0. The first kappa shape index (κ1) is 14.5. The quantitative estimate of drug-likeness (QED) is 0.873. The number of benzene rings is 1. The van der Waals surface area contributed by atoms with Crippen LogP contribution in [0.5, 0.6) is 0 Å². The molecule has 0 radical (unpaired) electrons. The second-order valence-corrected chi connectivity index (χ2v) is 6.13. The Hall–Kier alpha value is -0.860. The molecule has 1 aromatic rings. The molecular formula is C17H28N2. The number of aryl methyl sites for hydroxylation is 1. The molecule has 1 aliphatic rings.